The highest BCUT2D eigenvalue weighted by atomic mass is 32.1. The van der Waals surface area contributed by atoms with E-state index >= 15 is 0 Å². The number of likely N-dealkylation sites (N-methyl/N-ethyl adjacent to an activating group) is 1. The van der Waals surface area contributed by atoms with Crippen LogP contribution in [-0.2, 0) is 27.4 Å². The van der Waals surface area contributed by atoms with Crippen LogP contribution >= 0.6 is 11.3 Å². The lowest BCUT2D eigenvalue weighted by Gasteiger charge is -2.25. The number of thiazole rings is 1. The van der Waals surface area contributed by atoms with Crippen LogP contribution in [0.3, 0.4) is 0 Å². The summed E-state index contributed by atoms with van der Waals surface area (Å²) in [5.74, 6) is 0.0697. The van der Waals surface area contributed by atoms with Gasteiger partial charge in [0, 0.05) is 32.1 Å². The summed E-state index contributed by atoms with van der Waals surface area (Å²) in [7, 11) is 1.82. The van der Waals surface area contributed by atoms with Gasteiger partial charge in [0.05, 0.1) is 32.0 Å². The standard InChI is InChI=1S/C15H23N3O3S/c1-17(15(19)13-3-2-6-21-13)9-12-11-22-14(16-12)10-18-4-7-20-8-5-18/h11,13H,2-10H2,1H3. The van der Waals surface area contributed by atoms with Gasteiger partial charge in [-0.3, -0.25) is 9.69 Å². The molecule has 2 aliphatic heterocycles. The summed E-state index contributed by atoms with van der Waals surface area (Å²) in [6.07, 6.45) is 1.56. The quantitative estimate of drug-likeness (QED) is 0.812. The van der Waals surface area contributed by atoms with Crippen molar-refractivity contribution in [3.8, 4) is 0 Å². The van der Waals surface area contributed by atoms with E-state index in [4.69, 9.17) is 9.47 Å². The van der Waals surface area contributed by atoms with Crippen molar-refractivity contribution in [3.63, 3.8) is 0 Å². The third-order valence-electron chi connectivity index (χ3n) is 4.04. The number of amides is 1. The molecule has 3 rings (SSSR count). The van der Waals surface area contributed by atoms with Crippen LogP contribution in [0.4, 0.5) is 0 Å². The van der Waals surface area contributed by atoms with Gasteiger partial charge >= 0.3 is 0 Å². The van der Waals surface area contributed by atoms with Crippen LogP contribution in [0.15, 0.2) is 5.38 Å². The molecular weight excluding hydrogens is 302 g/mol. The highest BCUT2D eigenvalue weighted by Crippen LogP contribution is 2.17. The molecule has 0 radical (unpaired) electrons. The van der Waals surface area contributed by atoms with Gasteiger partial charge in [-0.05, 0) is 12.8 Å². The van der Waals surface area contributed by atoms with Crippen LogP contribution < -0.4 is 0 Å². The van der Waals surface area contributed by atoms with E-state index in [2.05, 4.69) is 15.3 Å². The third-order valence-corrected chi connectivity index (χ3v) is 4.92. The first-order valence-corrected chi connectivity index (χ1v) is 8.70. The average Bonchev–Trinajstić information content (AvgIpc) is 3.19. The van der Waals surface area contributed by atoms with E-state index in [0.717, 1.165) is 56.4 Å². The molecule has 122 valence electrons. The van der Waals surface area contributed by atoms with Crippen LogP contribution in [0.25, 0.3) is 0 Å². The molecule has 0 bridgehead atoms. The molecule has 1 unspecified atom stereocenters. The number of ether oxygens (including phenoxy) is 2. The molecule has 6 nitrogen and oxygen atoms in total. The third kappa shape index (κ3) is 4.04. The van der Waals surface area contributed by atoms with Crippen molar-refractivity contribution in [2.24, 2.45) is 0 Å². The predicted octanol–water partition coefficient (Wildman–Crippen LogP) is 1.11. The molecule has 0 aromatic carbocycles. The van der Waals surface area contributed by atoms with E-state index in [1.165, 1.54) is 0 Å². The molecule has 3 heterocycles. The lowest BCUT2D eigenvalue weighted by atomic mass is 10.2. The second-order valence-electron chi connectivity index (χ2n) is 5.82. The van der Waals surface area contributed by atoms with Crippen LogP contribution in [0, 0.1) is 0 Å². The zero-order valence-electron chi connectivity index (χ0n) is 13.0. The molecule has 1 aromatic heterocycles. The van der Waals surface area contributed by atoms with Gasteiger partial charge in [-0.15, -0.1) is 11.3 Å². The van der Waals surface area contributed by atoms with E-state index < -0.39 is 0 Å². The fourth-order valence-electron chi connectivity index (χ4n) is 2.78. The number of nitrogens with zero attached hydrogens (tertiary/aromatic N) is 3. The summed E-state index contributed by atoms with van der Waals surface area (Å²) >= 11 is 1.67. The van der Waals surface area contributed by atoms with Crippen LogP contribution in [0.2, 0.25) is 0 Å². The Balaban J connectivity index is 1.51. The van der Waals surface area contributed by atoms with Gasteiger partial charge in [-0.25, -0.2) is 4.98 Å². The van der Waals surface area contributed by atoms with Gasteiger partial charge in [-0.1, -0.05) is 0 Å². The molecule has 2 aliphatic rings. The van der Waals surface area contributed by atoms with Crippen molar-refractivity contribution in [2.45, 2.75) is 32.0 Å². The number of carbonyl (C=O) groups is 1. The van der Waals surface area contributed by atoms with Crippen molar-refractivity contribution < 1.29 is 14.3 Å². The maximum Gasteiger partial charge on any atom is 0.251 e. The summed E-state index contributed by atoms with van der Waals surface area (Å²) in [4.78, 5) is 21.0. The highest BCUT2D eigenvalue weighted by Gasteiger charge is 2.26. The molecule has 0 aliphatic carbocycles. The van der Waals surface area contributed by atoms with Gasteiger partial charge in [0.2, 0.25) is 0 Å². The molecule has 0 saturated carbocycles. The smallest absolute Gasteiger partial charge is 0.251 e. The maximum atomic E-state index is 12.2. The number of carbonyl (C=O) groups excluding carboxylic acids is 1. The monoisotopic (exact) mass is 325 g/mol. The lowest BCUT2D eigenvalue weighted by molar-refractivity contribution is -0.140. The van der Waals surface area contributed by atoms with Crippen molar-refractivity contribution in [3.05, 3.63) is 16.1 Å². The highest BCUT2D eigenvalue weighted by molar-refractivity contribution is 7.09. The molecule has 1 aromatic rings. The molecular formula is C15H23N3O3S. The van der Waals surface area contributed by atoms with Crippen molar-refractivity contribution in [1.29, 1.82) is 0 Å². The largest absolute Gasteiger partial charge is 0.379 e. The second-order valence-corrected chi connectivity index (χ2v) is 6.76. The summed E-state index contributed by atoms with van der Waals surface area (Å²) in [6.45, 7) is 5.66. The van der Waals surface area contributed by atoms with Crippen LogP contribution in [0.1, 0.15) is 23.5 Å². The fraction of sp³-hybridized carbons (Fsp3) is 0.733. The number of hydrogen-bond acceptors (Lipinski definition) is 6. The normalized spacial score (nSPS) is 22.9. The first kappa shape index (κ1) is 15.9. The van der Waals surface area contributed by atoms with Gasteiger partial charge in [0.1, 0.15) is 11.1 Å². The molecule has 0 N–H and O–H groups in total. The summed E-state index contributed by atoms with van der Waals surface area (Å²) in [6, 6.07) is 0. The van der Waals surface area contributed by atoms with Crippen molar-refractivity contribution in [1.82, 2.24) is 14.8 Å². The fourth-order valence-corrected chi connectivity index (χ4v) is 3.61. The Labute approximate surface area is 135 Å². The Morgan fingerprint density at radius 2 is 2.27 bits per heavy atom. The second kappa shape index (κ2) is 7.50. The molecule has 2 saturated heterocycles. The van der Waals surface area contributed by atoms with Crippen molar-refractivity contribution >= 4 is 17.2 Å². The van der Waals surface area contributed by atoms with Gasteiger partial charge in [0.15, 0.2) is 0 Å². The molecule has 1 atom stereocenters. The molecule has 2 fully saturated rings. The van der Waals surface area contributed by atoms with E-state index in [9.17, 15) is 4.79 Å². The number of aromatic nitrogens is 1. The lowest BCUT2D eigenvalue weighted by Crippen LogP contribution is -2.36. The molecule has 7 heteroatoms. The first-order chi connectivity index (χ1) is 10.7. The maximum absolute atomic E-state index is 12.2. The van der Waals surface area contributed by atoms with E-state index in [-0.39, 0.29) is 12.0 Å². The van der Waals surface area contributed by atoms with E-state index in [1.807, 2.05) is 7.05 Å². The Morgan fingerprint density at radius 3 is 3.00 bits per heavy atom. The zero-order valence-corrected chi connectivity index (χ0v) is 13.8. The minimum absolute atomic E-state index is 0.0697. The Kier molecular flexibility index (Phi) is 5.41. The predicted molar refractivity (Wildman–Crippen MR) is 83.7 cm³/mol. The average molecular weight is 325 g/mol. The number of morpholine rings is 1. The van der Waals surface area contributed by atoms with Crippen LogP contribution in [0.5, 0.6) is 0 Å². The molecule has 1 amide bonds. The minimum Gasteiger partial charge on any atom is -0.379 e. The zero-order chi connectivity index (χ0) is 15.4. The van der Waals surface area contributed by atoms with Crippen molar-refractivity contribution in [2.75, 3.05) is 40.0 Å². The molecule has 22 heavy (non-hydrogen) atoms. The SMILES string of the molecule is CN(Cc1csc(CN2CCOCC2)n1)C(=O)C1CCCO1. The van der Waals surface area contributed by atoms with Gasteiger partial charge in [-0.2, -0.15) is 0 Å². The van der Waals surface area contributed by atoms with E-state index in [1.54, 1.807) is 16.2 Å². The van der Waals surface area contributed by atoms with Gasteiger partial charge < -0.3 is 14.4 Å². The van der Waals surface area contributed by atoms with Gasteiger partial charge in [0.25, 0.3) is 5.91 Å². The van der Waals surface area contributed by atoms with E-state index in [0.29, 0.717) is 13.2 Å². The number of hydrogen-bond donors (Lipinski definition) is 0. The topological polar surface area (TPSA) is 54.9 Å². The number of rotatable bonds is 5. The Bertz CT molecular complexity index is 496. The minimum atomic E-state index is -0.253. The first-order valence-electron chi connectivity index (χ1n) is 7.82. The Morgan fingerprint density at radius 1 is 1.45 bits per heavy atom. The summed E-state index contributed by atoms with van der Waals surface area (Å²) in [5, 5.41) is 3.16. The molecule has 0 spiro atoms. The van der Waals surface area contributed by atoms with Crippen LogP contribution in [-0.4, -0.2) is 66.8 Å². The summed E-state index contributed by atoms with van der Waals surface area (Å²) in [5.41, 5.74) is 0.960. The Hall–Kier alpha value is -1.02. The summed E-state index contributed by atoms with van der Waals surface area (Å²) < 4.78 is 10.8.